The highest BCUT2D eigenvalue weighted by Crippen LogP contribution is 2.28. The number of rotatable bonds is 2. The van der Waals surface area contributed by atoms with Crippen molar-refractivity contribution < 1.29 is 4.39 Å². The van der Waals surface area contributed by atoms with E-state index in [9.17, 15) is 4.39 Å². The van der Waals surface area contributed by atoms with Gasteiger partial charge in [-0.05, 0) is 23.4 Å². The molecular formula is C11H12FN5S. The molecule has 0 spiro atoms. The summed E-state index contributed by atoms with van der Waals surface area (Å²) < 4.78 is 13.8. The summed E-state index contributed by atoms with van der Waals surface area (Å²) >= 11 is 1.75. The van der Waals surface area contributed by atoms with Crippen LogP contribution in [0.1, 0.15) is 10.4 Å². The Morgan fingerprint density at radius 3 is 3.22 bits per heavy atom. The van der Waals surface area contributed by atoms with Gasteiger partial charge in [-0.3, -0.25) is 5.43 Å². The van der Waals surface area contributed by atoms with Crippen molar-refractivity contribution in [3.8, 4) is 0 Å². The van der Waals surface area contributed by atoms with E-state index in [0.717, 1.165) is 19.2 Å². The molecule has 1 aliphatic rings. The molecule has 0 radical (unpaired) electrons. The number of halogens is 1. The van der Waals surface area contributed by atoms with Crippen LogP contribution in [0.25, 0.3) is 0 Å². The molecule has 0 saturated carbocycles. The third-order valence-corrected chi connectivity index (χ3v) is 3.98. The van der Waals surface area contributed by atoms with Crippen LogP contribution in [0.15, 0.2) is 17.6 Å². The Balaban J connectivity index is 1.92. The topological polar surface area (TPSA) is 67.1 Å². The fourth-order valence-electron chi connectivity index (χ4n) is 2.08. The van der Waals surface area contributed by atoms with Crippen molar-refractivity contribution in [1.82, 2.24) is 9.97 Å². The molecule has 7 heteroatoms. The second kappa shape index (κ2) is 4.51. The van der Waals surface area contributed by atoms with Crippen molar-refractivity contribution in [2.24, 2.45) is 5.84 Å². The molecule has 0 amide bonds. The van der Waals surface area contributed by atoms with Crippen LogP contribution in [0.4, 0.5) is 16.2 Å². The van der Waals surface area contributed by atoms with E-state index in [4.69, 9.17) is 5.84 Å². The third-order valence-electron chi connectivity index (χ3n) is 2.96. The van der Waals surface area contributed by atoms with Crippen molar-refractivity contribution >= 4 is 23.1 Å². The molecule has 0 saturated heterocycles. The second-order valence-corrected chi connectivity index (χ2v) is 5.05. The summed E-state index contributed by atoms with van der Waals surface area (Å²) in [5.41, 5.74) is 3.58. The third kappa shape index (κ3) is 1.91. The minimum Gasteiger partial charge on any atom is -0.349 e. The summed E-state index contributed by atoms with van der Waals surface area (Å²) in [5, 5.41) is 2.07. The SMILES string of the molecule is NNc1ncc(F)c(N2CCc3sccc3C2)n1. The standard InChI is InChI=1S/C11H12FN5S/c12-8-5-14-11(16-13)15-10(8)17-3-1-9-7(6-17)2-4-18-9/h2,4-5H,1,3,6,13H2,(H,14,15,16). The van der Waals surface area contributed by atoms with Gasteiger partial charge in [-0.25, -0.2) is 15.2 Å². The molecule has 0 aromatic carbocycles. The Bertz CT molecular complexity index is 570. The molecule has 2 aromatic heterocycles. The molecule has 0 aliphatic carbocycles. The van der Waals surface area contributed by atoms with Gasteiger partial charge >= 0.3 is 0 Å². The number of hydrazine groups is 1. The molecule has 5 nitrogen and oxygen atoms in total. The van der Waals surface area contributed by atoms with Crippen LogP contribution in [0.2, 0.25) is 0 Å². The van der Waals surface area contributed by atoms with Crippen molar-refractivity contribution in [2.45, 2.75) is 13.0 Å². The lowest BCUT2D eigenvalue weighted by Gasteiger charge is -2.28. The first kappa shape index (κ1) is 11.4. The lowest BCUT2D eigenvalue weighted by molar-refractivity contribution is 0.596. The normalized spacial score (nSPS) is 14.4. The first-order chi connectivity index (χ1) is 8.78. The van der Waals surface area contributed by atoms with Crippen LogP contribution < -0.4 is 16.2 Å². The highest BCUT2D eigenvalue weighted by atomic mass is 32.1. The van der Waals surface area contributed by atoms with Gasteiger partial charge in [-0.1, -0.05) is 0 Å². The van der Waals surface area contributed by atoms with Crippen LogP contribution in [0.5, 0.6) is 0 Å². The Kier molecular flexibility index (Phi) is 2.85. The van der Waals surface area contributed by atoms with Gasteiger partial charge in [0.05, 0.1) is 6.20 Å². The Morgan fingerprint density at radius 1 is 1.50 bits per heavy atom. The fourth-order valence-corrected chi connectivity index (χ4v) is 2.97. The fraction of sp³-hybridized carbons (Fsp3) is 0.273. The van der Waals surface area contributed by atoms with E-state index in [-0.39, 0.29) is 5.95 Å². The Morgan fingerprint density at radius 2 is 2.39 bits per heavy atom. The highest BCUT2D eigenvalue weighted by Gasteiger charge is 2.21. The summed E-state index contributed by atoms with van der Waals surface area (Å²) in [7, 11) is 0. The monoisotopic (exact) mass is 265 g/mol. The van der Waals surface area contributed by atoms with E-state index in [1.807, 2.05) is 4.90 Å². The number of nitrogens with two attached hydrogens (primary N) is 1. The molecule has 3 N–H and O–H groups in total. The van der Waals surface area contributed by atoms with E-state index < -0.39 is 5.82 Å². The average Bonchev–Trinajstić information content (AvgIpc) is 2.86. The van der Waals surface area contributed by atoms with E-state index in [1.54, 1.807) is 11.3 Å². The van der Waals surface area contributed by atoms with Gasteiger partial charge in [0.15, 0.2) is 11.6 Å². The van der Waals surface area contributed by atoms with Crippen LogP contribution in [0, 0.1) is 5.82 Å². The number of aromatic nitrogens is 2. The molecule has 0 bridgehead atoms. The predicted molar refractivity (Wildman–Crippen MR) is 68.9 cm³/mol. The molecule has 94 valence electrons. The molecule has 0 fully saturated rings. The van der Waals surface area contributed by atoms with Gasteiger partial charge < -0.3 is 4.90 Å². The minimum absolute atomic E-state index is 0.225. The van der Waals surface area contributed by atoms with Gasteiger partial charge in [0.1, 0.15) is 0 Å². The number of anilines is 2. The van der Waals surface area contributed by atoms with Crippen molar-refractivity contribution in [2.75, 3.05) is 16.9 Å². The van der Waals surface area contributed by atoms with Crippen LogP contribution in [0.3, 0.4) is 0 Å². The summed E-state index contributed by atoms with van der Waals surface area (Å²) in [5.74, 6) is 5.35. The summed E-state index contributed by atoms with van der Waals surface area (Å²) in [6.45, 7) is 1.43. The maximum atomic E-state index is 13.8. The van der Waals surface area contributed by atoms with Crippen molar-refractivity contribution in [3.05, 3.63) is 33.9 Å². The van der Waals surface area contributed by atoms with E-state index in [2.05, 4.69) is 26.8 Å². The zero-order valence-electron chi connectivity index (χ0n) is 9.56. The summed E-state index contributed by atoms with van der Waals surface area (Å²) in [6.07, 6.45) is 2.06. The lowest BCUT2D eigenvalue weighted by atomic mass is 10.1. The minimum atomic E-state index is -0.423. The quantitative estimate of drug-likeness (QED) is 0.636. The van der Waals surface area contributed by atoms with E-state index >= 15 is 0 Å². The Labute approximate surface area is 107 Å². The van der Waals surface area contributed by atoms with Gasteiger partial charge in [0.2, 0.25) is 5.95 Å². The largest absolute Gasteiger partial charge is 0.349 e. The second-order valence-electron chi connectivity index (χ2n) is 4.05. The first-order valence-corrected chi connectivity index (χ1v) is 6.45. The molecule has 0 atom stereocenters. The van der Waals surface area contributed by atoms with E-state index in [1.165, 1.54) is 10.4 Å². The van der Waals surface area contributed by atoms with Crippen LogP contribution in [-0.4, -0.2) is 16.5 Å². The number of fused-ring (bicyclic) bond motifs is 1. The maximum Gasteiger partial charge on any atom is 0.239 e. The number of thiophene rings is 1. The zero-order valence-corrected chi connectivity index (χ0v) is 10.4. The van der Waals surface area contributed by atoms with Gasteiger partial charge in [0, 0.05) is 18.0 Å². The molecule has 2 aromatic rings. The number of nitrogen functional groups attached to an aromatic ring is 1. The molecule has 3 heterocycles. The maximum absolute atomic E-state index is 13.8. The first-order valence-electron chi connectivity index (χ1n) is 5.57. The molecule has 3 rings (SSSR count). The molecule has 1 aliphatic heterocycles. The number of hydrogen-bond acceptors (Lipinski definition) is 6. The highest BCUT2D eigenvalue weighted by molar-refractivity contribution is 7.10. The average molecular weight is 265 g/mol. The molecular weight excluding hydrogens is 253 g/mol. The Hall–Kier alpha value is -1.73. The van der Waals surface area contributed by atoms with Gasteiger partial charge in [-0.15, -0.1) is 11.3 Å². The van der Waals surface area contributed by atoms with Crippen LogP contribution >= 0.6 is 11.3 Å². The zero-order chi connectivity index (χ0) is 12.5. The molecule has 0 unspecified atom stereocenters. The van der Waals surface area contributed by atoms with E-state index in [0.29, 0.717) is 12.4 Å². The summed E-state index contributed by atoms with van der Waals surface area (Å²) in [4.78, 5) is 11.1. The predicted octanol–water partition coefficient (Wildman–Crippen LogP) is 1.53. The number of nitrogens with one attached hydrogen (secondary N) is 1. The van der Waals surface area contributed by atoms with Crippen molar-refractivity contribution in [3.63, 3.8) is 0 Å². The van der Waals surface area contributed by atoms with Gasteiger partial charge in [0.25, 0.3) is 0 Å². The molecule has 18 heavy (non-hydrogen) atoms. The van der Waals surface area contributed by atoms with Gasteiger partial charge in [-0.2, -0.15) is 4.98 Å². The summed E-state index contributed by atoms with van der Waals surface area (Å²) in [6, 6.07) is 2.08. The van der Waals surface area contributed by atoms with Crippen LogP contribution in [-0.2, 0) is 13.0 Å². The lowest BCUT2D eigenvalue weighted by Crippen LogP contribution is -2.31. The number of hydrogen-bond donors (Lipinski definition) is 2. The number of nitrogens with zero attached hydrogens (tertiary/aromatic N) is 3. The smallest absolute Gasteiger partial charge is 0.239 e. The van der Waals surface area contributed by atoms with Crippen molar-refractivity contribution in [1.29, 1.82) is 0 Å².